The first kappa shape index (κ1) is 73.6. The molecular weight excluding hydrogens is 949 g/mol. The van der Waals surface area contributed by atoms with Crippen molar-refractivity contribution in [1.29, 1.82) is 0 Å². The fourth-order valence-corrected chi connectivity index (χ4v) is 9.44. The molecule has 0 aromatic carbocycles. The molecule has 0 heterocycles. The van der Waals surface area contributed by atoms with E-state index in [-0.39, 0.29) is 31.1 Å². The van der Waals surface area contributed by atoms with Crippen LogP contribution < -0.4 is 0 Å². The maximum absolute atomic E-state index is 12.9. The summed E-state index contributed by atoms with van der Waals surface area (Å²) in [7, 11) is 0. The summed E-state index contributed by atoms with van der Waals surface area (Å²) in [6, 6.07) is 0. The van der Waals surface area contributed by atoms with Crippen molar-refractivity contribution in [1.82, 2.24) is 0 Å². The molecule has 0 amide bonds. The van der Waals surface area contributed by atoms with Crippen molar-refractivity contribution in [2.75, 3.05) is 13.2 Å². The Labute approximate surface area is 477 Å². The molecule has 77 heavy (non-hydrogen) atoms. The molecule has 0 radical (unpaired) electrons. The van der Waals surface area contributed by atoms with Crippen LogP contribution in [-0.2, 0) is 28.6 Å². The van der Waals surface area contributed by atoms with Gasteiger partial charge in [0.1, 0.15) is 13.2 Å². The van der Waals surface area contributed by atoms with E-state index >= 15 is 0 Å². The summed E-state index contributed by atoms with van der Waals surface area (Å²) in [5.74, 6) is -0.880. The van der Waals surface area contributed by atoms with Crippen LogP contribution in [0.15, 0.2) is 85.1 Å². The molecule has 0 aromatic rings. The van der Waals surface area contributed by atoms with Crippen LogP contribution in [-0.4, -0.2) is 37.2 Å². The van der Waals surface area contributed by atoms with Gasteiger partial charge in [0.25, 0.3) is 0 Å². The molecule has 0 aliphatic heterocycles. The van der Waals surface area contributed by atoms with Crippen molar-refractivity contribution in [3.05, 3.63) is 85.1 Å². The Morgan fingerprint density at radius 3 is 0.805 bits per heavy atom. The highest BCUT2D eigenvalue weighted by atomic mass is 16.6. The second kappa shape index (κ2) is 65.1. The Bertz CT molecular complexity index is 1470. The Morgan fingerprint density at radius 2 is 0.506 bits per heavy atom. The highest BCUT2D eigenvalue weighted by molar-refractivity contribution is 5.71. The van der Waals surface area contributed by atoms with Crippen molar-refractivity contribution in [3.63, 3.8) is 0 Å². The monoisotopic (exact) mass is 1070 g/mol. The molecule has 0 fully saturated rings. The highest BCUT2D eigenvalue weighted by Crippen LogP contribution is 2.17. The Kier molecular flexibility index (Phi) is 62.2. The number of rotatable bonds is 60. The Hall–Kier alpha value is -3.41. The predicted octanol–water partition coefficient (Wildman–Crippen LogP) is 22.7. The van der Waals surface area contributed by atoms with Gasteiger partial charge in [-0.3, -0.25) is 14.4 Å². The lowest BCUT2D eigenvalue weighted by Crippen LogP contribution is -2.30. The Balaban J connectivity index is 4.31. The molecule has 1 unspecified atom stereocenters. The fourth-order valence-electron chi connectivity index (χ4n) is 9.44. The molecule has 0 rings (SSSR count). The standard InChI is InChI=1S/C71H124O6/c1-4-7-10-13-16-19-22-25-28-31-32-33-34-35-36-37-38-39-40-41-44-46-49-52-55-58-61-64-70(73)76-67-68(77-71(74)65-62-59-56-53-50-47-43-30-27-24-21-18-15-12-9-6-3)66-75-69(72)63-60-57-54-51-48-45-42-29-26-23-20-17-14-11-8-5-2/h7,10,16,19,21,24-25,28,30,32-33,35-36,43,68H,4-6,8-9,11-15,17-18,20,22-23,26-27,29,31,34,37-42,44-67H2,1-3H3/b10-7-,19-16-,24-21-,28-25-,33-32-,36-35-,43-30-. The van der Waals surface area contributed by atoms with Gasteiger partial charge in [0.05, 0.1) is 0 Å². The third kappa shape index (κ3) is 63.3. The van der Waals surface area contributed by atoms with E-state index in [1.807, 2.05) is 0 Å². The third-order valence-electron chi connectivity index (χ3n) is 14.4. The third-order valence-corrected chi connectivity index (χ3v) is 14.4. The van der Waals surface area contributed by atoms with Gasteiger partial charge >= 0.3 is 17.9 Å². The Morgan fingerprint density at radius 1 is 0.273 bits per heavy atom. The molecule has 0 N–H and O–H groups in total. The van der Waals surface area contributed by atoms with Crippen LogP contribution in [0.4, 0.5) is 0 Å². The zero-order chi connectivity index (χ0) is 55.7. The molecule has 6 nitrogen and oxygen atoms in total. The molecular formula is C71H124O6. The lowest BCUT2D eigenvalue weighted by Gasteiger charge is -2.18. The van der Waals surface area contributed by atoms with Gasteiger partial charge < -0.3 is 14.2 Å². The van der Waals surface area contributed by atoms with Gasteiger partial charge in [0, 0.05) is 19.3 Å². The van der Waals surface area contributed by atoms with Gasteiger partial charge in [0.15, 0.2) is 6.10 Å². The van der Waals surface area contributed by atoms with Crippen LogP contribution in [0.3, 0.4) is 0 Å². The summed E-state index contributed by atoms with van der Waals surface area (Å²) < 4.78 is 16.9. The first-order chi connectivity index (χ1) is 38.0. The summed E-state index contributed by atoms with van der Waals surface area (Å²) in [6.45, 7) is 6.54. The zero-order valence-electron chi connectivity index (χ0n) is 51.0. The summed E-state index contributed by atoms with van der Waals surface area (Å²) in [4.78, 5) is 38.4. The predicted molar refractivity (Wildman–Crippen MR) is 334 cm³/mol. The summed E-state index contributed by atoms with van der Waals surface area (Å²) in [5.41, 5.74) is 0. The summed E-state index contributed by atoms with van der Waals surface area (Å²) >= 11 is 0. The molecule has 444 valence electrons. The van der Waals surface area contributed by atoms with E-state index in [4.69, 9.17) is 14.2 Å². The second-order valence-electron chi connectivity index (χ2n) is 22.0. The molecule has 0 bridgehead atoms. The van der Waals surface area contributed by atoms with Crippen LogP contribution in [0.2, 0.25) is 0 Å². The number of allylic oxidation sites excluding steroid dienone is 14. The van der Waals surface area contributed by atoms with E-state index in [9.17, 15) is 14.4 Å². The number of hydrogen-bond acceptors (Lipinski definition) is 6. The van der Waals surface area contributed by atoms with Crippen molar-refractivity contribution >= 4 is 17.9 Å². The van der Waals surface area contributed by atoms with Crippen LogP contribution in [0.1, 0.15) is 329 Å². The summed E-state index contributed by atoms with van der Waals surface area (Å²) in [6.07, 6.45) is 85.9. The van der Waals surface area contributed by atoms with Crippen molar-refractivity contribution in [2.24, 2.45) is 0 Å². The quantitative estimate of drug-likeness (QED) is 0.0261. The lowest BCUT2D eigenvalue weighted by molar-refractivity contribution is -0.167. The normalized spacial score (nSPS) is 12.6. The van der Waals surface area contributed by atoms with E-state index < -0.39 is 6.10 Å². The molecule has 0 saturated heterocycles. The number of ether oxygens (including phenoxy) is 3. The molecule has 0 aliphatic carbocycles. The molecule has 0 aromatic heterocycles. The van der Waals surface area contributed by atoms with Crippen molar-refractivity contribution < 1.29 is 28.6 Å². The molecule has 1 atom stereocenters. The average Bonchev–Trinajstić information content (AvgIpc) is 3.43. The number of carbonyl (C=O) groups excluding carboxylic acids is 3. The molecule has 0 spiro atoms. The van der Waals surface area contributed by atoms with Crippen molar-refractivity contribution in [3.8, 4) is 0 Å². The van der Waals surface area contributed by atoms with Gasteiger partial charge in [-0.15, -0.1) is 0 Å². The van der Waals surface area contributed by atoms with E-state index in [0.29, 0.717) is 19.3 Å². The van der Waals surface area contributed by atoms with Crippen LogP contribution in [0.5, 0.6) is 0 Å². The van der Waals surface area contributed by atoms with Crippen LogP contribution in [0, 0.1) is 0 Å². The topological polar surface area (TPSA) is 78.9 Å². The minimum atomic E-state index is -0.784. The highest BCUT2D eigenvalue weighted by Gasteiger charge is 2.19. The minimum Gasteiger partial charge on any atom is -0.462 e. The van der Waals surface area contributed by atoms with E-state index in [1.54, 1.807) is 0 Å². The van der Waals surface area contributed by atoms with Gasteiger partial charge in [0.2, 0.25) is 0 Å². The van der Waals surface area contributed by atoms with E-state index in [0.717, 1.165) is 116 Å². The number of hydrogen-bond donors (Lipinski definition) is 0. The maximum Gasteiger partial charge on any atom is 0.306 e. The first-order valence-electron chi connectivity index (χ1n) is 33.1. The van der Waals surface area contributed by atoms with Crippen molar-refractivity contribution in [2.45, 2.75) is 335 Å². The minimum absolute atomic E-state index is 0.0793. The molecule has 6 heteroatoms. The lowest BCUT2D eigenvalue weighted by atomic mass is 10.0. The molecule has 0 saturated carbocycles. The largest absolute Gasteiger partial charge is 0.462 e. The van der Waals surface area contributed by atoms with Crippen LogP contribution in [0.25, 0.3) is 0 Å². The van der Waals surface area contributed by atoms with Crippen LogP contribution >= 0.6 is 0 Å². The fraction of sp³-hybridized carbons (Fsp3) is 0.761. The zero-order valence-corrected chi connectivity index (χ0v) is 51.0. The van der Waals surface area contributed by atoms with Gasteiger partial charge in [-0.05, 0) is 96.3 Å². The smallest absolute Gasteiger partial charge is 0.306 e. The maximum atomic E-state index is 12.9. The first-order valence-corrected chi connectivity index (χ1v) is 33.1. The average molecular weight is 1070 g/mol. The van der Waals surface area contributed by atoms with Gasteiger partial charge in [-0.2, -0.15) is 0 Å². The molecule has 0 aliphatic rings. The second-order valence-corrected chi connectivity index (χ2v) is 22.0. The number of carbonyl (C=O) groups is 3. The number of unbranched alkanes of at least 4 members (excludes halogenated alkanes) is 35. The SMILES string of the molecule is CC/C=C\C/C=C\C/C=C\C/C=C\C/C=C\CCCCCCCCCCCCCC(=O)OCC(COC(=O)CCCCCCCCCCCCCCCCCC)OC(=O)CCCCCCC/C=C\C/C=C\CCCCCC. The van der Waals surface area contributed by atoms with E-state index in [2.05, 4.69) is 106 Å². The number of esters is 3. The summed E-state index contributed by atoms with van der Waals surface area (Å²) in [5, 5.41) is 0. The van der Waals surface area contributed by atoms with E-state index in [1.165, 1.54) is 173 Å². The van der Waals surface area contributed by atoms with Gasteiger partial charge in [-0.1, -0.05) is 298 Å². The van der Waals surface area contributed by atoms with Gasteiger partial charge in [-0.25, -0.2) is 0 Å².